The molecule has 1 heterocycles. The molecular formula is C10H8N2OS. The molecular weight excluding hydrogens is 196 g/mol. The summed E-state index contributed by atoms with van der Waals surface area (Å²) in [4.78, 5) is 0.563. The van der Waals surface area contributed by atoms with E-state index in [-0.39, 0.29) is 0 Å². The summed E-state index contributed by atoms with van der Waals surface area (Å²) < 4.78 is 6.10. The van der Waals surface area contributed by atoms with Gasteiger partial charge in [-0.25, -0.2) is 0 Å². The van der Waals surface area contributed by atoms with Crippen molar-refractivity contribution in [2.24, 2.45) is 0 Å². The van der Waals surface area contributed by atoms with Gasteiger partial charge in [0.05, 0.1) is 12.8 Å². The summed E-state index contributed by atoms with van der Waals surface area (Å²) in [5.74, 6) is 0.756. The van der Waals surface area contributed by atoms with Gasteiger partial charge in [0, 0.05) is 10.1 Å². The van der Waals surface area contributed by atoms with Crippen molar-refractivity contribution >= 4 is 27.1 Å². The van der Waals surface area contributed by atoms with Crippen LogP contribution in [0.25, 0.3) is 10.1 Å². The minimum atomic E-state index is 0.548. The number of hydrogen-bond acceptors (Lipinski definition) is 4. The maximum atomic E-state index is 8.80. The maximum absolute atomic E-state index is 8.80. The van der Waals surface area contributed by atoms with E-state index in [9.17, 15) is 0 Å². The van der Waals surface area contributed by atoms with Crippen molar-refractivity contribution in [2.75, 3.05) is 12.8 Å². The van der Waals surface area contributed by atoms with Crippen molar-refractivity contribution in [3.8, 4) is 11.8 Å². The molecule has 0 saturated heterocycles. The molecule has 0 atom stereocenters. The molecule has 0 amide bonds. The van der Waals surface area contributed by atoms with Crippen LogP contribution >= 0.6 is 11.3 Å². The van der Waals surface area contributed by atoms with E-state index in [2.05, 4.69) is 6.07 Å². The first-order chi connectivity index (χ1) is 6.76. The van der Waals surface area contributed by atoms with Crippen molar-refractivity contribution in [1.82, 2.24) is 0 Å². The van der Waals surface area contributed by atoms with Crippen LogP contribution in [0.5, 0.6) is 5.75 Å². The summed E-state index contributed by atoms with van der Waals surface area (Å²) in [5, 5.41) is 9.69. The molecule has 0 spiro atoms. The fraction of sp³-hybridized carbons (Fsp3) is 0.100. The zero-order chi connectivity index (χ0) is 10.1. The van der Waals surface area contributed by atoms with Crippen molar-refractivity contribution in [2.45, 2.75) is 0 Å². The molecule has 0 unspecified atom stereocenters. The number of ether oxygens (including phenoxy) is 1. The predicted molar refractivity (Wildman–Crippen MR) is 57.5 cm³/mol. The molecule has 0 saturated carbocycles. The zero-order valence-corrected chi connectivity index (χ0v) is 8.39. The molecule has 2 aromatic rings. The van der Waals surface area contributed by atoms with Crippen LogP contribution in [0, 0.1) is 11.3 Å². The standard InChI is InChI=1S/C10H8N2OS/c1-13-6-2-3-8-7(4-6)10(12)9(5-11)14-8/h2-4H,12H2,1H3. The summed E-state index contributed by atoms with van der Waals surface area (Å²) in [5.41, 5.74) is 6.35. The van der Waals surface area contributed by atoms with E-state index in [1.165, 1.54) is 11.3 Å². The first-order valence-corrected chi connectivity index (χ1v) is 4.84. The maximum Gasteiger partial charge on any atom is 0.129 e. The van der Waals surface area contributed by atoms with E-state index in [0.717, 1.165) is 15.8 Å². The molecule has 0 aliphatic carbocycles. The van der Waals surface area contributed by atoms with E-state index >= 15 is 0 Å². The molecule has 1 aromatic carbocycles. The molecule has 0 aliphatic heterocycles. The van der Waals surface area contributed by atoms with Gasteiger partial charge in [0.2, 0.25) is 0 Å². The summed E-state index contributed by atoms with van der Waals surface area (Å²) >= 11 is 1.40. The van der Waals surface area contributed by atoms with E-state index in [1.807, 2.05) is 18.2 Å². The molecule has 0 bridgehead atoms. The van der Waals surface area contributed by atoms with E-state index in [1.54, 1.807) is 7.11 Å². The third kappa shape index (κ3) is 1.19. The van der Waals surface area contributed by atoms with Gasteiger partial charge in [-0.3, -0.25) is 0 Å². The van der Waals surface area contributed by atoms with Crippen LogP contribution in [0.3, 0.4) is 0 Å². The quantitative estimate of drug-likeness (QED) is 0.775. The smallest absolute Gasteiger partial charge is 0.129 e. The molecule has 3 nitrogen and oxygen atoms in total. The lowest BCUT2D eigenvalue weighted by molar-refractivity contribution is 0.415. The number of anilines is 1. The molecule has 70 valence electrons. The van der Waals surface area contributed by atoms with Crippen LogP contribution in [-0.4, -0.2) is 7.11 Å². The van der Waals surface area contributed by atoms with Gasteiger partial charge >= 0.3 is 0 Å². The second kappa shape index (κ2) is 3.20. The van der Waals surface area contributed by atoms with Gasteiger partial charge in [-0.1, -0.05) is 0 Å². The first-order valence-electron chi connectivity index (χ1n) is 4.02. The number of nitrogens with two attached hydrogens (primary N) is 1. The van der Waals surface area contributed by atoms with Gasteiger partial charge in [0.25, 0.3) is 0 Å². The van der Waals surface area contributed by atoms with Crippen LogP contribution in [0.1, 0.15) is 4.88 Å². The third-order valence-corrected chi connectivity index (χ3v) is 3.13. The monoisotopic (exact) mass is 204 g/mol. The molecule has 2 rings (SSSR count). The van der Waals surface area contributed by atoms with Gasteiger partial charge in [0.1, 0.15) is 16.7 Å². The highest BCUT2D eigenvalue weighted by Crippen LogP contribution is 2.35. The minimum Gasteiger partial charge on any atom is -0.497 e. The number of nitrogens with zero attached hydrogens (tertiary/aromatic N) is 1. The Morgan fingerprint density at radius 3 is 2.93 bits per heavy atom. The van der Waals surface area contributed by atoms with Gasteiger partial charge in [-0.05, 0) is 18.2 Å². The summed E-state index contributed by atoms with van der Waals surface area (Å²) in [6, 6.07) is 7.70. The highest BCUT2D eigenvalue weighted by atomic mass is 32.1. The highest BCUT2D eigenvalue weighted by molar-refractivity contribution is 7.20. The average molecular weight is 204 g/mol. The van der Waals surface area contributed by atoms with Crippen LogP contribution < -0.4 is 10.5 Å². The number of nitriles is 1. The fourth-order valence-electron chi connectivity index (χ4n) is 1.31. The van der Waals surface area contributed by atoms with Crippen molar-refractivity contribution in [1.29, 1.82) is 5.26 Å². The molecule has 0 aliphatic rings. The Morgan fingerprint density at radius 2 is 2.29 bits per heavy atom. The molecule has 0 radical (unpaired) electrons. The largest absolute Gasteiger partial charge is 0.497 e. The lowest BCUT2D eigenvalue weighted by Gasteiger charge is -1.98. The summed E-state index contributed by atoms with van der Waals surface area (Å²) in [7, 11) is 1.61. The summed E-state index contributed by atoms with van der Waals surface area (Å²) in [6.45, 7) is 0. The number of nitrogen functional groups attached to an aromatic ring is 1. The first kappa shape index (κ1) is 8.85. The van der Waals surface area contributed by atoms with Crippen molar-refractivity contribution in [3.05, 3.63) is 23.1 Å². The van der Waals surface area contributed by atoms with Gasteiger partial charge in [0.15, 0.2) is 0 Å². The Balaban J connectivity index is 2.76. The zero-order valence-electron chi connectivity index (χ0n) is 7.57. The molecule has 14 heavy (non-hydrogen) atoms. The SMILES string of the molecule is COc1ccc2sc(C#N)c(N)c2c1. The van der Waals surface area contributed by atoms with Crippen molar-refractivity contribution in [3.63, 3.8) is 0 Å². The van der Waals surface area contributed by atoms with E-state index in [0.29, 0.717) is 10.6 Å². The second-order valence-corrected chi connectivity index (χ2v) is 3.87. The number of hydrogen-bond donors (Lipinski definition) is 1. The Labute approximate surface area is 85.3 Å². The Kier molecular flexibility index (Phi) is 2.02. The molecule has 1 aromatic heterocycles. The minimum absolute atomic E-state index is 0.548. The number of fused-ring (bicyclic) bond motifs is 1. The van der Waals surface area contributed by atoms with Gasteiger partial charge in [-0.15, -0.1) is 11.3 Å². The lowest BCUT2D eigenvalue weighted by atomic mass is 10.2. The molecule has 0 fully saturated rings. The highest BCUT2D eigenvalue weighted by Gasteiger charge is 2.08. The van der Waals surface area contributed by atoms with Gasteiger partial charge in [-0.2, -0.15) is 5.26 Å². The van der Waals surface area contributed by atoms with E-state index in [4.69, 9.17) is 15.7 Å². The predicted octanol–water partition coefficient (Wildman–Crippen LogP) is 2.36. The van der Waals surface area contributed by atoms with Crippen LogP contribution in [0.4, 0.5) is 5.69 Å². The van der Waals surface area contributed by atoms with Crippen molar-refractivity contribution < 1.29 is 4.74 Å². The normalized spacial score (nSPS) is 10.0. The Bertz CT molecular complexity index is 525. The lowest BCUT2D eigenvalue weighted by Crippen LogP contribution is -1.85. The number of rotatable bonds is 1. The van der Waals surface area contributed by atoms with E-state index < -0.39 is 0 Å². The second-order valence-electron chi connectivity index (χ2n) is 2.82. The number of benzene rings is 1. The topological polar surface area (TPSA) is 59.0 Å². The Morgan fingerprint density at radius 1 is 1.50 bits per heavy atom. The molecule has 4 heteroatoms. The van der Waals surface area contributed by atoms with Crippen LogP contribution in [0.15, 0.2) is 18.2 Å². The van der Waals surface area contributed by atoms with Gasteiger partial charge < -0.3 is 10.5 Å². The number of methoxy groups -OCH3 is 1. The molecule has 2 N–H and O–H groups in total. The average Bonchev–Trinajstić information content (AvgIpc) is 2.55. The third-order valence-electron chi connectivity index (χ3n) is 2.04. The number of thiophene rings is 1. The van der Waals surface area contributed by atoms with Crippen LogP contribution in [-0.2, 0) is 0 Å². The fourth-order valence-corrected chi connectivity index (χ4v) is 2.21. The van der Waals surface area contributed by atoms with Crippen LogP contribution in [0.2, 0.25) is 0 Å². The summed E-state index contributed by atoms with van der Waals surface area (Å²) in [6.07, 6.45) is 0. The Hall–Kier alpha value is -1.73.